The largest absolute Gasteiger partial charge is 0.466 e. The molecule has 1 rings (SSSR count). The molecule has 0 bridgehead atoms. The van der Waals surface area contributed by atoms with Crippen LogP contribution < -0.4 is 0 Å². The smallest absolute Gasteiger partial charge is 0.433 e. The molecule has 1 atom stereocenters. The van der Waals surface area contributed by atoms with Crippen molar-refractivity contribution < 1.29 is 19.1 Å². The number of aliphatic imine (C=N–C) groups is 1. The lowest BCUT2D eigenvalue weighted by atomic mass is 9.99. The Labute approximate surface area is 164 Å². The fourth-order valence-corrected chi connectivity index (χ4v) is 3.24. The first-order chi connectivity index (χ1) is 12.8. The molecule has 0 aliphatic carbocycles. The lowest BCUT2D eigenvalue weighted by Crippen LogP contribution is -2.36. The summed E-state index contributed by atoms with van der Waals surface area (Å²) in [5.41, 5.74) is -0.497. The predicted molar refractivity (Wildman–Crippen MR) is 108 cm³/mol. The number of rotatable bonds is 10. The van der Waals surface area contributed by atoms with Crippen LogP contribution in [0.2, 0.25) is 0 Å². The van der Waals surface area contributed by atoms with E-state index in [0.29, 0.717) is 18.9 Å². The average molecular weight is 383 g/mol. The normalized spacial score (nSPS) is 18.6. The van der Waals surface area contributed by atoms with Crippen LogP contribution in [0.15, 0.2) is 4.99 Å². The van der Waals surface area contributed by atoms with Crippen LogP contribution in [-0.2, 0) is 14.3 Å². The van der Waals surface area contributed by atoms with Gasteiger partial charge < -0.3 is 14.4 Å². The SMILES string of the molecule is CCOC(=O)CCCCCCCN1CCCC(C=NC(=O)OC(C)(C)C)C1. The Morgan fingerprint density at radius 1 is 1.15 bits per heavy atom. The van der Waals surface area contributed by atoms with E-state index >= 15 is 0 Å². The van der Waals surface area contributed by atoms with Gasteiger partial charge in [-0.2, -0.15) is 4.99 Å². The molecule has 27 heavy (non-hydrogen) atoms. The molecule has 156 valence electrons. The van der Waals surface area contributed by atoms with Gasteiger partial charge in [0.15, 0.2) is 0 Å². The molecular weight excluding hydrogens is 344 g/mol. The number of unbranched alkanes of at least 4 members (excludes halogenated alkanes) is 4. The molecule has 1 aliphatic heterocycles. The summed E-state index contributed by atoms with van der Waals surface area (Å²) in [5.74, 6) is 0.251. The molecule has 0 radical (unpaired) electrons. The second kappa shape index (κ2) is 12.9. The third-order valence-electron chi connectivity index (χ3n) is 4.49. The topological polar surface area (TPSA) is 68.2 Å². The standard InChI is InChI=1S/C21H38N2O4/c1-5-26-19(24)13-9-7-6-8-10-14-23-15-11-12-18(17-23)16-22-20(25)27-21(2,3)4/h16,18H,5-15,17H2,1-4H3. The fourth-order valence-electron chi connectivity index (χ4n) is 3.24. The number of ether oxygens (including phenoxy) is 2. The first kappa shape index (κ1) is 23.6. The van der Waals surface area contributed by atoms with Gasteiger partial charge in [-0.3, -0.25) is 4.79 Å². The van der Waals surface area contributed by atoms with Crippen molar-refractivity contribution in [2.24, 2.45) is 10.9 Å². The Morgan fingerprint density at radius 2 is 1.85 bits per heavy atom. The number of piperidine rings is 1. The van der Waals surface area contributed by atoms with Gasteiger partial charge in [-0.05, 0) is 66.5 Å². The Bertz CT molecular complexity index is 471. The number of carbonyl (C=O) groups is 2. The zero-order valence-corrected chi connectivity index (χ0v) is 17.7. The van der Waals surface area contributed by atoms with Gasteiger partial charge >= 0.3 is 12.1 Å². The summed E-state index contributed by atoms with van der Waals surface area (Å²) >= 11 is 0. The van der Waals surface area contributed by atoms with Crippen molar-refractivity contribution in [1.29, 1.82) is 0 Å². The number of hydrogen-bond donors (Lipinski definition) is 0. The Morgan fingerprint density at radius 3 is 2.56 bits per heavy atom. The minimum absolute atomic E-state index is 0.0788. The number of nitrogens with zero attached hydrogens (tertiary/aromatic N) is 2. The van der Waals surface area contributed by atoms with E-state index in [1.165, 1.54) is 12.8 Å². The summed E-state index contributed by atoms with van der Waals surface area (Å²) < 4.78 is 10.1. The van der Waals surface area contributed by atoms with Crippen molar-refractivity contribution in [2.45, 2.75) is 84.7 Å². The third kappa shape index (κ3) is 12.6. The van der Waals surface area contributed by atoms with E-state index in [9.17, 15) is 9.59 Å². The van der Waals surface area contributed by atoms with Crippen LogP contribution in [0.3, 0.4) is 0 Å². The number of amides is 1. The lowest BCUT2D eigenvalue weighted by molar-refractivity contribution is -0.143. The van der Waals surface area contributed by atoms with Crippen molar-refractivity contribution in [3.8, 4) is 0 Å². The van der Waals surface area contributed by atoms with Gasteiger partial charge in [-0.15, -0.1) is 0 Å². The summed E-state index contributed by atoms with van der Waals surface area (Å²) in [6.07, 6.45) is 9.58. The van der Waals surface area contributed by atoms with Crippen molar-refractivity contribution in [1.82, 2.24) is 4.90 Å². The van der Waals surface area contributed by atoms with Crippen LogP contribution in [0.25, 0.3) is 0 Å². The highest BCUT2D eigenvalue weighted by molar-refractivity contribution is 5.80. The van der Waals surface area contributed by atoms with E-state index in [2.05, 4.69) is 9.89 Å². The highest BCUT2D eigenvalue weighted by Crippen LogP contribution is 2.16. The van der Waals surface area contributed by atoms with Gasteiger partial charge in [-0.25, -0.2) is 4.79 Å². The molecule has 0 aromatic carbocycles. The second-order valence-corrected chi connectivity index (χ2v) is 8.28. The molecule has 1 aliphatic rings. The minimum Gasteiger partial charge on any atom is -0.466 e. The zero-order chi connectivity index (χ0) is 20.1. The number of esters is 1. The van der Waals surface area contributed by atoms with E-state index in [4.69, 9.17) is 9.47 Å². The van der Waals surface area contributed by atoms with Crippen LogP contribution in [0.1, 0.15) is 79.1 Å². The maximum Gasteiger partial charge on any atom is 0.433 e. The van der Waals surface area contributed by atoms with Gasteiger partial charge in [0, 0.05) is 25.1 Å². The summed E-state index contributed by atoms with van der Waals surface area (Å²) in [5, 5.41) is 0. The number of carbonyl (C=O) groups excluding carboxylic acids is 2. The molecule has 0 aromatic heterocycles. The van der Waals surface area contributed by atoms with Gasteiger partial charge in [0.05, 0.1) is 6.61 Å². The van der Waals surface area contributed by atoms with Crippen molar-refractivity contribution in [3.05, 3.63) is 0 Å². The molecule has 0 spiro atoms. The molecule has 1 heterocycles. The van der Waals surface area contributed by atoms with E-state index in [1.807, 2.05) is 27.7 Å². The molecule has 1 saturated heterocycles. The molecule has 1 unspecified atom stereocenters. The molecule has 6 nitrogen and oxygen atoms in total. The Balaban J connectivity index is 2.13. The van der Waals surface area contributed by atoms with Crippen LogP contribution >= 0.6 is 0 Å². The van der Waals surface area contributed by atoms with Crippen LogP contribution in [0, 0.1) is 5.92 Å². The predicted octanol–water partition coefficient (Wildman–Crippen LogP) is 4.61. The highest BCUT2D eigenvalue weighted by Gasteiger charge is 2.19. The van der Waals surface area contributed by atoms with Gasteiger partial charge in [0.1, 0.15) is 5.60 Å². The van der Waals surface area contributed by atoms with E-state index in [1.54, 1.807) is 6.21 Å². The lowest BCUT2D eigenvalue weighted by Gasteiger charge is -2.30. The van der Waals surface area contributed by atoms with Crippen LogP contribution in [-0.4, -0.2) is 55.0 Å². The van der Waals surface area contributed by atoms with E-state index < -0.39 is 11.7 Å². The molecule has 6 heteroatoms. The molecule has 0 aromatic rings. The highest BCUT2D eigenvalue weighted by atomic mass is 16.6. The quantitative estimate of drug-likeness (QED) is 0.313. The summed E-state index contributed by atoms with van der Waals surface area (Å²) in [6.45, 7) is 11.0. The Kier molecular flexibility index (Phi) is 11.3. The first-order valence-corrected chi connectivity index (χ1v) is 10.5. The van der Waals surface area contributed by atoms with E-state index in [0.717, 1.165) is 51.7 Å². The third-order valence-corrected chi connectivity index (χ3v) is 4.49. The monoisotopic (exact) mass is 382 g/mol. The van der Waals surface area contributed by atoms with Gasteiger partial charge in [0.2, 0.25) is 0 Å². The molecule has 0 saturated carbocycles. The molecule has 0 N–H and O–H groups in total. The maximum atomic E-state index is 11.7. The molecular formula is C21H38N2O4. The average Bonchev–Trinajstić information content (AvgIpc) is 2.58. The van der Waals surface area contributed by atoms with Gasteiger partial charge in [0.25, 0.3) is 0 Å². The molecule has 1 fully saturated rings. The Hall–Kier alpha value is -1.43. The van der Waals surface area contributed by atoms with Crippen LogP contribution in [0.4, 0.5) is 4.79 Å². The maximum absolute atomic E-state index is 11.7. The van der Waals surface area contributed by atoms with Crippen molar-refractivity contribution >= 4 is 18.3 Å². The van der Waals surface area contributed by atoms with Gasteiger partial charge in [-0.1, -0.05) is 19.3 Å². The second-order valence-electron chi connectivity index (χ2n) is 8.28. The number of hydrogen-bond acceptors (Lipinski definition) is 5. The fraction of sp³-hybridized carbons (Fsp3) is 0.857. The van der Waals surface area contributed by atoms with E-state index in [-0.39, 0.29) is 5.97 Å². The minimum atomic E-state index is -0.498. The first-order valence-electron chi connectivity index (χ1n) is 10.5. The summed E-state index contributed by atoms with van der Waals surface area (Å²) in [6, 6.07) is 0. The summed E-state index contributed by atoms with van der Waals surface area (Å²) in [7, 11) is 0. The van der Waals surface area contributed by atoms with Crippen molar-refractivity contribution in [3.63, 3.8) is 0 Å². The zero-order valence-electron chi connectivity index (χ0n) is 17.7. The molecule has 1 amide bonds. The van der Waals surface area contributed by atoms with Crippen LogP contribution in [0.5, 0.6) is 0 Å². The van der Waals surface area contributed by atoms with Crippen molar-refractivity contribution in [2.75, 3.05) is 26.2 Å². The number of likely N-dealkylation sites (tertiary alicyclic amines) is 1. The summed E-state index contributed by atoms with van der Waals surface area (Å²) in [4.78, 5) is 29.4.